The Balaban J connectivity index is 2.08. The van der Waals surface area contributed by atoms with Crippen molar-refractivity contribution in [2.75, 3.05) is 7.11 Å². The van der Waals surface area contributed by atoms with E-state index in [0.29, 0.717) is 35.2 Å². The fourth-order valence-corrected chi connectivity index (χ4v) is 2.80. The van der Waals surface area contributed by atoms with Crippen molar-refractivity contribution in [3.63, 3.8) is 0 Å². The fraction of sp³-hybridized carbons (Fsp3) is 0.278. The Hall–Kier alpha value is -2.80. The Morgan fingerprint density at radius 1 is 1.40 bits per heavy atom. The smallest absolute Gasteiger partial charge is 0.338 e. The van der Waals surface area contributed by atoms with Crippen molar-refractivity contribution >= 4 is 16.9 Å². The Morgan fingerprint density at radius 3 is 2.92 bits per heavy atom. The van der Waals surface area contributed by atoms with Crippen molar-refractivity contribution in [3.05, 3.63) is 59.3 Å². The lowest BCUT2D eigenvalue weighted by Crippen LogP contribution is -2.13. The van der Waals surface area contributed by atoms with Gasteiger partial charge < -0.3 is 9.84 Å². The van der Waals surface area contributed by atoms with Crippen LogP contribution in [0.15, 0.2) is 36.7 Å². The molecule has 0 saturated heterocycles. The lowest BCUT2D eigenvalue weighted by atomic mass is 10.0. The summed E-state index contributed by atoms with van der Waals surface area (Å²) in [4.78, 5) is 16.0. The molecule has 0 saturated carbocycles. The summed E-state index contributed by atoms with van der Waals surface area (Å²) in [6.07, 6.45) is 2.79. The first-order valence-electron chi connectivity index (χ1n) is 7.83. The topological polar surface area (TPSA) is 77.2 Å². The molecule has 0 amide bonds. The maximum absolute atomic E-state index is 13.7. The van der Waals surface area contributed by atoms with E-state index in [4.69, 9.17) is 4.74 Å². The molecule has 130 valence electrons. The summed E-state index contributed by atoms with van der Waals surface area (Å²) in [5.41, 5.74) is 2.36. The number of hydrogen-bond donors (Lipinski definition) is 1. The Morgan fingerprint density at radius 2 is 2.20 bits per heavy atom. The number of nitrogens with zero attached hydrogens (tertiary/aromatic N) is 3. The zero-order chi connectivity index (χ0) is 18.0. The molecule has 0 aliphatic rings. The number of ether oxygens (including phenoxy) is 1. The van der Waals surface area contributed by atoms with Crippen LogP contribution in [0.4, 0.5) is 4.39 Å². The summed E-state index contributed by atoms with van der Waals surface area (Å²) < 4.78 is 20.2. The maximum atomic E-state index is 13.7. The van der Waals surface area contributed by atoms with Gasteiger partial charge in [0.1, 0.15) is 5.82 Å². The van der Waals surface area contributed by atoms with E-state index in [1.807, 2.05) is 0 Å². The average Bonchev–Trinajstić information content (AvgIpc) is 2.90. The number of pyridine rings is 1. The number of carbonyl (C=O) groups excluding carboxylic acids is 1. The zero-order valence-electron chi connectivity index (χ0n) is 13.9. The van der Waals surface area contributed by atoms with Crippen LogP contribution in [-0.4, -0.2) is 39.1 Å². The minimum Gasteiger partial charge on any atom is -0.465 e. The molecule has 0 radical (unpaired) electrons. The Kier molecular flexibility index (Phi) is 4.76. The van der Waals surface area contributed by atoms with Crippen molar-refractivity contribution in [2.45, 2.75) is 26.0 Å². The van der Waals surface area contributed by atoms with Crippen LogP contribution in [0.1, 0.15) is 28.5 Å². The van der Waals surface area contributed by atoms with Gasteiger partial charge in [0.2, 0.25) is 0 Å². The molecule has 0 aliphatic heterocycles. The van der Waals surface area contributed by atoms with E-state index in [9.17, 15) is 14.3 Å². The van der Waals surface area contributed by atoms with Crippen LogP contribution in [0, 0.1) is 5.82 Å². The number of hydrogen-bond acceptors (Lipinski definition) is 5. The van der Waals surface area contributed by atoms with E-state index in [1.165, 1.54) is 25.4 Å². The molecule has 0 fully saturated rings. The van der Waals surface area contributed by atoms with Gasteiger partial charge in [0, 0.05) is 24.2 Å². The molecular formula is C18H18FN3O3. The number of aliphatic hydroxyl groups excluding tert-OH is 1. The second-order valence-corrected chi connectivity index (χ2v) is 5.84. The highest BCUT2D eigenvalue weighted by atomic mass is 19.1. The van der Waals surface area contributed by atoms with E-state index in [1.54, 1.807) is 29.9 Å². The molecule has 7 heteroatoms. The number of methoxy groups -OCH3 is 1. The molecule has 0 aliphatic carbocycles. The second kappa shape index (κ2) is 6.98. The van der Waals surface area contributed by atoms with Crippen molar-refractivity contribution < 1.29 is 19.0 Å². The summed E-state index contributed by atoms with van der Waals surface area (Å²) in [5.74, 6) is -0.832. The first kappa shape index (κ1) is 17.0. The van der Waals surface area contributed by atoms with E-state index < -0.39 is 12.1 Å². The third-order valence-corrected chi connectivity index (χ3v) is 3.89. The Labute approximate surface area is 143 Å². The number of aliphatic hydroxyl groups is 1. The number of carbonyl (C=O) groups is 1. The molecule has 1 aromatic carbocycles. The predicted octanol–water partition coefficient (Wildman–Crippen LogP) is 2.33. The second-order valence-electron chi connectivity index (χ2n) is 5.84. The van der Waals surface area contributed by atoms with Crippen LogP contribution in [-0.2, 0) is 17.7 Å². The summed E-state index contributed by atoms with van der Waals surface area (Å²) >= 11 is 0. The maximum Gasteiger partial charge on any atom is 0.338 e. The van der Waals surface area contributed by atoms with Gasteiger partial charge in [-0.05, 0) is 36.8 Å². The van der Waals surface area contributed by atoms with Crippen LogP contribution in [0.25, 0.3) is 10.9 Å². The van der Waals surface area contributed by atoms with Gasteiger partial charge in [-0.1, -0.05) is 0 Å². The van der Waals surface area contributed by atoms with Gasteiger partial charge >= 0.3 is 5.97 Å². The van der Waals surface area contributed by atoms with Gasteiger partial charge in [-0.15, -0.1) is 0 Å². The van der Waals surface area contributed by atoms with Crippen LogP contribution in [0.2, 0.25) is 0 Å². The molecule has 2 aromatic heterocycles. The normalized spacial score (nSPS) is 12.3. The van der Waals surface area contributed by atoms with E-state index >= 15 is 0 Å². The van der Waals surface area contributed by atoms with Crippen LogP contribution in [0.3, 0.4) is 0 Å². The molecule has 1 unspecified atom stereocenters. The van der Waals surface area contributed by atoms with E-state index in [0.717, 1.165) is 5.52 Å². The molecule has 1 N–H and O–H groups in total. The van der Waals surface area contributed by atoms with Gasteiger partial charge in [0.15, 0.2) is 0 Å². The highest BCUT2D eigenvalue weighted by Gasteiger charge is 2.17. The predicted molar refractivity (Wildman–Crippen MR) is 89.8 cm³/mol. The highest BCUT2D eigenvalue weighted by molar-refractivity contribution is 5.91. The van der Waals surface area contributed by atoms with Gasteiger partial charge in [0.05, 0.1) is 36.5 Å². The standard InChI is InChI=1S/C18H18FN3O3/c1-11(23)10-22-17-4-3-13(19)8-15(17)16(21-22)7-12-9-20-6-5-14(12)18(24)25-2/h3-6,8-9,11,23H,7,10H2,1-2H3. The molecule has 0 bridgehead atoms. The van der Waals surface area contributed by atoms with Crippen molar-refractivity contribution in [1.29, 1.82) is 0 Å². The van der Waals surface area contributed by atoms with Gasteiger partial charge in [-0.2, -0.15) is 5.10 Å². The molecule has 25 heavy (non-hydrogen) atoms. The molecular weight excluding hydrogens is 325 g/mol. The zero-order valence-corrected chi connectivity index (χ0v) is 13.9. The largest absolute Gasteiger partial charge is 0.465 e. The third-order valence-electron chi connectivity index (χ3n) is 3.89. The van der Waals surface area contributed by atoms with Crippen LogP contribution >= 0.6 is 0 Å². The summed E-state index contributed by atoms with van der Waals surface area (Å²) in [6, 6.07) is 5.98. The fourth-order valence-electron chi connectivity index (χ4n) is 2.80. The first-order chi connectivity index (χ1) is 12.0. The van der Waals surface area contributed by atoms with Gasteiger partial charge in [-0.25, -0.2) is 9.18 Å². The molecule has 1 atom stereocenters. The SMILES string of the molecule is COC(=O)c1ccncc1Cc1nn(CC(C)O)c2ccc(F)cc12. The van der Waals surface area contributed by atoms with Crippen molar-refractivity contribution in [2.24, 2.45) is 0 Å². The first-order valence-corrected chi connectivity index (χ1v) is 7.83. The summed E-state index contributed by atoms with van der Waals surface area (Å²) in [5, 5.41) is 14.8. The van der Waals surface area contributed by atoms with Gasteiger partial charge in [-0.3, -0.25) is 9.67 Å². The average molecular weight is 343 g/mol. The highest BCUT2D eigenvalue weighted by Crippen LogP contribution is 2.24. The molecule has 0 spiro atoms. The van der Waals surface area contributed by atoms with Gasteiger partial charge in [0.25, 0.3) is 0 Å². The number of halogens is 1. The summed E-state index contributed by atoms with van der Waals surface area (Å²) in [6.45, 7) is 1.95. The molecule has 3 aromatic rings. The lowest BCUT2D eigenvalue weighted by molar-refractivity contribution is 0.0599. The minimum absolute atomic E-state index is 0.291. The van der Waals surface area contributed by atoms with E-state index in [-0.39, 0.29) is 5.82 Å². The number of benzene rings is 1. The summed E-state index contributed by atoms with van der Waals surface area (Å²) in [7, 11) is 1.31. The van der Waals surface area contributed by atoms with Crippen LogP contribution < -0.4 is 0 Å². The Bertz CT molecular complexity index is 921. The quantitative estimate of drug-likeness (QED) is 0.720. The lowest BCUT2D eigenvalue weighted by Gasteiger charge is -2.06. The number of rotatable bonds is 5. The third kappa shape index (κ3) is 3.51. The number of aromatic nitrogens is 3. The van der Waals surface area contributed by atoms with Crippen molar-refractivity contribution in [3.8, 4) is 0 Å². The minimum atomic E-state index is -0.593. The van der Waals surface area contributed by atoms with Crippen LogP contribution in [0.5, 0.6) is 0 Å². The number of fused-ring (bicyclic) bond motifs is 1. The molecule has 2 heterocycles. The van der Waals surface area contributed by atoms with E-state index in [2.05, 4.69) is 10.1 Å². The number of esters is 1. The molecule has 3 rings (SSSR count). The van der Waals surface area contributed by atoms with Crippen molar-refractivity contribution in [1.82, 2.24) is 14.8 Å². The monoisotopic (exact) mass is 343 g/mol. The molecule has 6 nitrogen and oxygen atoms in total.